The molecule has 0 saturated heterocycles. The van der Waals surface area contributed by atoms with E-state index in [0.29, 0.717) is 28.8 Å². The van der Waals surface area contributed by atoms with Crippen molar-refractivity contribution < 1.29 is 9.53 Å². The van der Waals surface area contributed by atoms with E-state index in [0.717, 1.165) is 19.5 Å². The molecule has 180 valence electrons. The van der Waals surface area contributed by atoms with Crippen LogP contribution >= 0.6 is 0 Å². The number of carbonyl (C=O) groups excluding carboxylic acids is 1. The molecule has 7 nitrogen and oxygen atoms in total. The number of methoxy groups -OCH3 is 1. The summed E-state index contributed by atoms with van der Waals surface area (Å²) in [5, 5.41) is 8.42. The van der Waals surface area contributed by atoms with Gasteiger partial charge in [0.25, 0.3) is 11.5 Å². The normalized spacial score (nSPS) is 10.8. The molecule has 1 amide bonds. The van der Waals surface area contributed by atoms with Crippen LogP contribution in [-0.2, 0) is 0 Å². The number of nitrogens with zero attached hydrogens (tertiary/aromatic N) is 3. The molecule has 0 fully saturated rings. The van der Waals surface area contributed by atoms with Crippen molar-refractivity contribution >= 4 is 22.4 Å². The van der Waals surface area contributed by atoms with Crippen molar-refractivity contribution in [3.05, 3.63) is 94.4 Å². The molecule has 0 unspecified atom stereocenters. The highest BCUT2D eigenvalue weighted by Crippen LogP contribution is 2.18. The lowest BCUT2D eigenvalue weighted by atomic mass is 10.1. The maximum Gasteiger partial charge on any atom is 0.279 e. The average molecular weight is 471 g/mol. The molecule has 1 aromatic heterocycles. The molecule has 0 atom stereocenters. The summed E-state index contributed by atoms with van der Waals surface area (Å²) in [5.74, 6) is 0.370. The summed E-state index contributed by atoms with van der Waals surface area (Å²) in [4.78, 5) is 28.6. The third kappa shape index (κ3) is 5.35. The first kappa shape index (κ1) is 24.0. The predicted molar refractivity (Wildman–Crippen MR) is 140 cm³/mol. The van der Waals surface area contributed by atoms with Crippen molar-refractivity contribution in [2.24, 2.45) is 0 Å². The lowest BCUT2D eigenvalue weighted by Crippen LogP contribution is -2.32. The van der Waals surface area contributed by atoms with Crippen LogP contribution < -0.4 is 20.5 Å². The molecule has 4 rings (SSSR count). The molecule has 0 spiro atoms. The molecule has 35 heavy (non-hydrogen) atoms. The minimum atomic E-state index is -0.304. The number of benzene rings is 3. The smallest absolute Gasteiger partial charge is 0.279 e. The van der Waals surface area contributed by atoms with E-state index in [1.165, 1.54) is 15.9 Å². The molecular formula is C28H30N4O3. The van der Waals surface area contributed by atoms with Crippen molar-refractivity contribution in [2.75, 3.05) is 31.6 Å². The van der Waals surface area contributed by atoms with Gasteiger partial charge in [-0.15, -0.1) is 0 Å². The van der Waals surface area contributed by atoms with Crippen molar-refractivity contribution in [1.82, 2.24) is 15.1 Å². The maximum absolute atomic E-state index is 13.2. The summed E-state index contributed by atoms with van der Waals surface area (Å²) < 4.78 is 6.48. The molecule has 0 aliphatic carbocycles. The third-order valence-electron chi connectivity index (χ3n) is 5.98. The zero-order valence-corrected chi connectivity index (χ0v) is 20.3. The van der Waals surface area contributed by atoms with Crippen LogP contribution in [0.25, 0.3) is 16.5 Å². The van der Waals surface area contributed by atoms with E-state index < -0.39 is 0 Å². The van der Waals surface area contributed by atoms with Crippen LogP contribution in [0.5, 0.6) is 5.75 Å². The number of nitrogens with one attached hydrogen (secondary N) is 1. The van der Waals surface area contributed by atoms with Crippen LogP contribution in [0.2, 0.25) is 0 Å². The molecule has 0 aliphatic rings. The minimum absolute atomic E-state index is 0.224. The quantitative estimate of drug-likeness (QED) is 0.368. The number of anilines is 1. The lowest BCUT2D eigenvalue weighted by Gasteiger charge is -2.23. The van der Waals surface area contributed by atoms with Gasteiger partial charge in [-0.25, -0.2) is 0 Å². The van der Waals surface area contributed by atoms with Crippen molar-refractivity contribution in [1.29, 1.82) is 0 Å². The minimum Gasteiger partial charge on any atom is -0.497 e. The fourth-order valence-corrected chi connectivity index (χ4v) is 4.11. The number of amides is 1. The lowest BCUT2D eigenvalue weighted by molar-refractivity contribution is 0.0948. The van der Waals surface area contributed by atoms with E-state index in [1.54, 1.807) is 55.6 Å². The zero-order valence-electron chi connectivity index (χ0n) is 20.3. The molecule has 3 aromatic carbocycles. The van der Waals surface area contributed by atoms with Crippen LogP contribution in [0.1, 0.15) is 29.4 Å². The standard InChI is InChI=1S/C28H30N4O3/c1-4-31(22-10-7-9-20(2)19-22)18-8-17-29-27(33)26-24-11-5-6-12-25(24)28(34)32(30-26)21-13-15-23(35-3)16-14-21/h5-7,9-16,19H,4,8,17-18H2,1-3H3,(H,29,33). The Balaban J connectivity index is 1.53. The highest BCUT2D eigenvalue weighted by atomic mass is 16.5. The Morgan fingerprint density at radius 1 is 1.03 bits per heavy atom. The molecule has 0 radical (unpaired) electrons. The van der Waals surface area contributed by atoms with Crippen LogP contribution in [0.15, 0.2) is 77.6 Å². The Kier molecular flexibility index (Phi) is 7.45. The van der Waals surface area contributed by atoms with Crippen molar-refractivity contribution in [3.8, 4) is 11.4 Å². The first-order chi connectivity index (χ1) is 17.0. The molecule has 1 heterocycles. The van der Waals surface area contributed by atoms with Gasteiger partial charge in [-0.2, -0.15) is 9.78 Å². The molecule has 1 N–H and O–H groups in total. The largest absolute Gasteiger partial charge is 0.497 e. The van der Waals surface area contributed by atoms with E-state index >= 15 is 0 Å². The predicted octanol–water partition coefficient (Wildman–Crippen LogP) is 4.35. The molecule has 0 saturated carbocycles. The zero-order chi connectivity index (χ0) is 24.8. The third-order valence-corrected chi connectivity index (χ3v) is 5.98. The van der Waals surface area contributed by atoms with Gasteiger partial charge in [0.2, 0.25) is 0 Å². The van der Waals surface area contributed by atoms with Gasteiger partial charge in [0.05, 0.1) is 18.2 Å². The second kappa shape index (κ2) is 10.9. The number of rotatable bonds is 9. The molecule has 4 aromatic rings. The number of ether oxygens (including phenoxy) is 1. The van der Waals surface area contributed by atoms with E-state index in [1.807, 2.05) is 0 Å². The Hall–Kier alpha value is -4.13. The number of carbonyl (C=O) groups is 1. The van der Waals surface area contributed by atoms with Gasteiger partial charge in [0, 0.05) is 30.7 Å². The first-order valence-electron chi connectivity index (χ1n) is 11.8. The van der Waals surface area contributed by atoms with Crippen molar-refractivity contribution in [2.45, 2.75) is 20.3 Å². The SMILES string of the molecule is CCN(CCCNC(=O)c1nn(-c2ccc(OC)cc2)c(=O)c2ccccc12)c1cccc(C)c1. The van der Waals surface area contributed by atoms with Crippen LogP contribution in [0.4, 0.5) is 5.69 Å². The van der Waals surface area contributed by atoms with Crippen LogP contribution in [-0.4, -0.2) is 42.4 Å². The van der Waals surface area contributed by atoms with E-state index in [9.17, 15) is 9.59 Å². The average Bonchev–Trinajstić information content (AvgIpc) is 2.89. The summed E-state index contributed by atoms with van der Waals surface area (Å²) in [5.41, 5.74) is 2.91. The Labute approximate surface area is 205 Å². The van der Waals surface area contributed by atoms with E-state index in [2.05, 4.69) is 53.4 Å². The Morgan fingerprint density at radius 3 is 2.46 bits per heavy atom. The maximum atomic E-state index is 13.2. The van der Waals surface area contributed by atoms with Gasteiger partial charge < -0.3 is 15.0 Å². The molecule has 0 bridgehead atoms. The highest BCUT2D eigenvalue weighted by Gasteiger charge is 2.17. The summed E-state index contributed by atoms with van der Waals surface area (Å²) in [6, 6.07) is 22.5. The van der Waals surface area contributed by atoms with E-state index in [4.69, 9.17) is 4.74 Å². The fourth-order valence-electron chi connectivity index (χ4n) is 4.11. The number of aromatic nitrogens is 2. The monoisotopic (exact) mass is 470 g/mol. The number of hydrogen-bond donors (Lipinski definition) is 1. The summed E-state index contributed by atoms with van der Waals surface area (Å²) in [7, 11) is 1.58. The Morgan fingerprint density at radius 2 is 1.77 bits per heavy atom. The Bertz CT molecular complexity index is 1380. The topological polar surface area (TPSA) is 76.5 Å². The van der Waals surface area contributed by atoms with Gasteiger partial charge in [-0.3, -0.25) is 9.59 Å². The molecular weight excluding hydrogens is 440 g/mol. The second-order valence-electron chi connectivity index (χ2n) is 8.34. The van der Waals surface area contributed by atoms with Crippen LogP contribution in [0.3, 0.4) is 0 Å². The summed E-state index contributed by atoms with van der Waals surface area (Å²) >= 11 is 0. The van der Waals surface area contributed by atoms with Gasteiger partial charge in [-0.05, 0) is 68.3 Å². The molecule has 0 aliphatic heterocycles. The second-order valence-corrected chi connectivity index (χ2v) is 8.34. The molecule has 7 heteroatoms. The highest BCUT2D eigenvalue weighted by molar-refractivity contribution is 6.04. The first-order valence-corrected chi connectivity index (χ1v) is 11.8. The number of fused-ring (bicyclic) bond motifs is 1. The van der Waals surface area contributed by atoms with Gasteiger partial charge in [-0.1, -0.05) is 30.3 Å². The summed E-state index contributed by atoms with van der Waals surface area (Å²) in [6.45, 7) is 6.41. The van der Waals surface area contributed by atoms with Gasteiger partial charge >= 0.3 is 0 Å². The van der Waals surface area contributed by atoms with E-state index in [-0.39, 0.29) is 17.2 Å². The number of hydrogen-bond acceptors (Lipinski definition) is 5. The van der Waals surface area contributed by atoms with Crippen LogP contribution in [0, 0.1) is 6.92 Å². The van der Waals surface area contributed by atoms with Gasteiger partial charge in [0.1, 0.15) is 5.75 Å². The number of aryl methyl sites for hydroxylation is 1. The fraction of sp³-hybridized carbons (Fsp3) is 0.250. The van der Waals surface area contributed by atoms with Gasteiger partial charge in [0.15, 0.2) is 5.69 Å². The summed E-state index contributed by atoms with van der Waals surface area (Å²) in [6.07, 6.45) is 0.781. The van der Waals surface area contributed by atoms with Crippen molar-refractivity contribution in [3.63, 3.8) is 0 Å².